The number of ether oxygens (including phenoxy) is 1. The average Bonchev–Trinajstić information content (AvgIpc) is 2.78. The quantitative estimate of drug-likeness (QED) is 0.230. The molecule has 0 fully saturated rings. The first kappa shape index (κ1) is 22.9. The van der Waals surface area contributed by atoms with Crippen LogP contribution >= 0.6 is 0 Å². The van der Waals surface area contributed by atoms with Gasteiger partial charge in [-0.1, -0.05) is 32.6 Å². The van der Waals surface area contributed by atoms with Crippen molar-refractivity contribution < 1.29 is 9.15 Å². The van der Waals surface area contributed by atoms with Gasteiger partial charge in [0.2, 0.25) is 0 Å². The van der Waals surface area contributed by atoms with Gasteiger partial charge in [0.05, 0.1) is 18.2 Å². The fraction of sp³-hybridized carbons (Fsp3) is 0.276. The minimum atomic E-state index is -0.458. The first-order valence-corrected chi connectivity index (χ1v) is 11.2. The summed E-state index contributed by atoms with van der Waals surface area (Å²) in [5, 5.41) is 10.2. The summed E-state index contributed by atoms with van der Waals surface area (Å²) in [6.45, 7) is 13.2. The van der Waals surface area contributed by atoms with Crippen LogP contribution in [0.2, 0.25) is 0 Å². The molecule has 1 aromatic heterocycles. The smallest absolute Gasteiger partial charge is 0.343 e. The van der Waals surface area contributed by atoms with Crippen molar-refractivity contribution in [2.24, 2.45) is 5.41 Å². The molecule has 34 heavy (non-hydrogen) atoms. The van der Waals surface area contributed by atoms with E-state index in [1.165, 1.54) is 5.56 Å². The van der Waals surface area contributed by atoms with E-state index in [9.17, 15) is 10.1 Å². The van der Waals surface area contributed by atoms with Crippen LogP contribution in [0.1, 0.15) is 56.7 Å². The van der Waals surface area contributed by atoms with Crippen molar-refractivity contribution in [3.8, 4) is 17.9 Å². The van der Waals surface area contributed by atoms with Gasteiger partial charge in [-0.25, -0.2) is 14.9 Å². The maximum absolute atomic E-state index is 12.7. The molecule has 1 aromatic carbocycles. The highest BCUT2D eigenvalue weighted by Crippen LogP contribution is 2.34. The van der Waals surface area contributed by atoms with Crippen molar-refractivity contribution in [2.75, 3.05) is 0 Å². The Bertz CT molecular complexity index is 1480. The number of fused-ring (bicyclic) bond motifs is 2. The number of nitrogens with zero attached hydrogens (tertiary/aromatic N) is 2. The molecule has 0 unspecified atom stereocenters. The Hall–Kier alpha value is -4.27. The monoisotopic (exact) mass is 448 g/mol. The van der Waals surface area contributed by atoms with Gasteiger partial charge in [-0.3, -0.25) is 0 Å². The lowest BCUT2D eigenvalue weighted by molar-refractivity contribution is 0.223. The van der Waals surface area contributed by atoms with Crippen molar-refractivity contribution in [1.29, 1.82) is 5.26 Å². The van der Waals surface area contributed by atoms with Gasteiger partial charge in [-0.2, -0.15) is 0 Å². The second-order valence-electron chi connectivity index (χ2n) is 9.31. The molecule has 2 aromatic rings. The summed E-state index contributed by atoms with van der Waals surface area (Å²) < 4.78 is 11.6. The van der Waals surface area contributed by atoms with Crippen LogP contribution in [-0.2, 0) is 11.2 Å². The third-order valence-electron chi connectivity index (χ3n) is 5.68. The highest BCUT2D eigenvalue weighted by atomic mass is 16.5. The van der Waals surface area contributed by atoms with Crippen molar-refractivity contribution in [3.63, 3.8) is 0 Å². The van der Waals surface area contributed by atoms with Crippen LogP contribution in [-0.4, -0.2) is 0 Å². The van der Waals surface area contributed by atoms with Crippen molar-refractivity contribution in [2.45, 2.75) is 46.5 Å². The SMILES string of the molecule is [C-]#[N+]/C(C#N)=C1C=C(/C=C/c2cc3cc4c(cc3oc2=O)C#CCCCC4)OC(C(C)(C)C)=C/1. The molecule has 1 aliphatic heterocycles. The van der Waals surface area contributed by atoms with E-state index in [-0.39, 0.29) is 11.1 Å². The molecule has 5 nitrogen and oxygen atoms in total. The summed E-state index contributed by atoms with van der Waals surface area (Å²) in [7, 11) is 0. The predicted molar refractivity (Wildman–Crippen MR) is 132 cm³/mol. The predicted octanol–water partition coefficient (Wildman–Crippen LogP) is 6.43. The summed E-state index contributed by atoms with van der Waals surface area (Å²) in [5.74, 6) is 7.44. The highest BCUT2D eigenvalue weighted by Gasteiger charge is 2.24. The molecule has 0 amide bonds. The number of hydrogen-bond acceptors (Lipinski definition) is 4. The van der Waals surface area contributed by atoms with Crippen LogP contribution in [0.15, 0.2) is 68.4 Å². The van der Waals surface area contributed by atoms with Crippen molar-refractivity contribution >= 4 is 17.0 Å². The Labute approximate surface area is 199 Å². The molecule has 0 saturated heterocycles. The number of rotatable bonds is 2. The standard InChI is InChI=1S/C29H24N2O3/c1-29(2,3)27-17-22(25(18-30)31-4)15-24(33-27)12-11-21-14-23-13-19-9-7-5-6-8-10-20(19)16-26(23)34-28(21)32/h11-17H,5-7,9H2,1-3H3/b12-11+,25-22-. The zero-order chi connectivity index (χ0) is 24.3. The fourth-order valence-electron chi connectivity index (χ4n) is 3.79. The third kappa shape index (κ3) is 4.88. The van der Waals surface area contributed by atoms with Crippen LogP contribution in [0.4, 0.5) is 0 Å². The van der Waals surface area contributed by atoms with Crippen LogP contribution in [0.3, 0.4) is 0 Å². The van der Waals surface area contributed by atoms with Gasteiger partial charge in [-0.05, 0) is 72.9 Å². The zero-order valence-corrected chi connectivity index (χ0v) is 19.5. The fourth-order valence-corrected chi connectivity index (χ4v) is 3.79. The van der Waals surface area contributed by atoms with Crippen molar-refractivity contribution in [3.05, 3.63) is 97.7 Å². The van der Waals surface area contributed by atoms with Gasteiger partial charge in [0.1, 0.15) is 17.1 Å². The van der Waals surface area contributed by atoms with E-state index in [0.29, 0.717) is 28.2 Å². The topological polar surface area (TPSA) is 67.6 Å². The van der Waals surface area contributed by atoms with E-state index < -0.39 is 5.63 Å². The molecule has 0 atom stereocenters. The third-order valence-corrected chi connectivity index (χ3v) is 5.68. The summed E-state index contributed by atoms with van der Waals surface area (Å²) >= 11 is 0. The van der Waals surface area contributed by atoms with E-state index in [1.807, 2.05) is 39.0 Å². The van der Waals surface area contributed by atoms with E-state index >= 15 is 0 Å². The van der Waals surface area contributed by atoms with Gasteiger partial charge in [0.15, 0.2) is 0 Å². The molecule has 4 rings (SSSR count). The maximum atomic E-state index is 12.7. The van der Waals surface area contributed by atoms with Crippen LogP contribution in [0, 0.1) is 35.2 Å². The number of benzene rings is 1. The molecule has 2 aliphatic rings. The van der Waals surface area contributed by atoms with E-state index in [1.54, 1.807) is 24.3 Å². The molecule has 1 aliphatic carbocycles. The molecule has 0 spiro atoms. The Morgan fingerprint density at radius 3 is 2.76 bits per heavy atom. The van der Waals surface area contributed by atoms with Gasteiger partial charge in [0, 0.05) is 22.8 Å². The van der Waals surface area contributed by atoms with Gasteiger partial charge in [0.25, 0.3) is 5.70 Å². The van der Waals surface area contributed by atoms with E-state index in [0.717, 1.165) is 36.6 Å². The van der Waals surface area contributed by atoms with E-state index in [4.69, 9.17) is 15.7 Å². The second kappa shape index (κ2) is 9.30. The first-order valence-electron chi connectivity index (χ1n) is 11.2. The molecule has 0 N–H and O–H groups in total. The zero-order valence-electron chi connectivity index (χ0n) is 19.5. The molecule has 0 saturated carbocycles. The molecule has 5 heteroatoms. The lowest BCUT2D eigenvalue weighted by atomic mass is 9.91. The summed E-state index contributed by atoms with van der Waals surface area (Å²) in [6, 6.07) is 7.65. The Kier molecular flexibility index (Phi) is 6.27. The van der Waals surface area contributed by atoms with E-state index in [2.05, 4.69) is 22.8 Å². The number of allylic oxidation sites excluding steroid dienone is 6. The molecule has 168 valence electrons. The lowest BCUT2D eigenvalue weighted by Crippen LogP contribution is -2.15. The molecule has 0 bridgehead atoms. The minimum Gasteiger partial charge on any atom is -0.461 e. The number of aryl methyl sites for hydroxylation is 1. The first-order chi connectivity index (χ1) is 16.3. The number of nitriles is 1. The average molecular weight is 449 g/mol. The molecule has 0 radical (unpaired) electrons. The van der Waals surface area contributed by atoms with Crippen LogP contribution in [0.25, 0.3) is 21.9 Å². The summed E-state index contributed by atoms with van der Waals surface area (Å²) in [4.78, 5) is 16.0. The Balaban J connectivity index is 1.73. The van der Waals surface area contributed by atoms with Gasteiger partial charge >= 0.3 is 5.63 Å². The molecular weight excluding hydrogens is 424 g/mol. The number of hydrogen-bond donors (Lipinski definition) is 0. The summed E-state index contributed by atoms with van der Waals surface area (Å²) in [5.41, 5.74) is 2.68. The highest BCUT2D eigenvalue weighted by molar-refractivity contribution is 5.81. The maximum Gasteiger partial charge on any atom is 0.343 e. The van der Waals surface area contributed by atoms with Crippen molar-refractivity contribution in [1.82, 2.24) is 0 Å². The van der Waals surface area contributed by atoms with Gasteiger partial charge < -0.3 is 9.15 Å². The molecular formula is C29H24N2O3. The Morgan fingerprint density at radius 2 is 2.03 bits per heavy atom. The normalized spacial score (nSPS) is 17.1. The Morgan fingerprint density at radius 1 is 1.21 bits per heavy atom. The summed E-state index contributed by atoms with van der Waals surface area (Å²) in [6.07, 6.45) is 10.6. The minimum absolute atomic E-state index is 0.0132. The van der Waals surface area contributed by atoms with Crippen LogP contribution < -0.4 is 5.63 Å². The second-order valence-corrected chi connectivity index (χ2v) is 9.31. The van der Waals surface area contributed by atoms with Crippen LogP contribution in [0.5, 0.6) is 0 Å². The van der Waals surface area contributed by atoms with Gasteiger partial charge in [-0.15, -0.1) is 0 Å². The molecule has 2 heterocycles. The lowest BCUT2D eigenvalue weighted by Gasteiger charge is -2.26. The largest absolute Gasteiger partial charge is 0.461 e.